The van der Waals surface area contributed by atoms with Gasteiger partial charge in [-0.25, -0.2) is 0 Å². The topological polar surface area (TPSA) is 188 Å². The summed E-state index contributed by atoms with van der Waals surface area (Å²) in [6.07, 6.45) is 7.63. The van der Waals surface area contributed by atoms with Crippen LogP contribution < -0.4 is 28.4 Å². The maximum Gasteiger partial charge on any atom is 0.306 e. The molecule has 2 heterocycles. The Morgan fingerprint density at radius 3 is 0.951 bits per heavy atom. The van der Waals surface area contributed by atoms with E-state index in [0.29, 0.717) is 11.5 Å². The van der Waals surface area contributed by atoms with Gasteiger partial charge in [0.25, 0.3) is 0 Å². The molecule has 2 unspecified atom stereocenters. The van der Waals surface area contributed by atoms with E-state index in [4.69, 9.17) is 61.6 Å². The molecule has 14 rings (SSSR count). The highest BCUT2D eigenvalue weighted by Crippen LogP contribution is 2.61. The zero-order valence-electron chi connectivity index (χ0n) is 58.2. The number of fused-ring (bicyclic) bond motifs is 16. The van der Waals surface area contributed by atoms with Crippen LogP contribution in [0, 0.1) is 0 Å². The van der Waals surface area contributed by atoms with Crippen LogP contribution >= 0.6 is 0 Å². The summed E-state index contributed by atoms with van der Waals surface area (Å²) in [4.78, 5) is 51.4. The predicted molar refractivity (Wildman–Crippen MR) is 390 cm³/mol. The highest BCUT2D eigenvalue weighted by Gasteiger charge is 2.49. The molecule has 4 aliphatic rings. The maximum atomic E-state index is 13.0. The highest BCUT2D eigenvalue weighted by atomic mass is 16.6. The van der Waals surface area contributed by atoms with Gasteiger partial charge in [-0.15, -0.1) is 0 Å². The summed E-state index contributed by atoms with van der Waals surface area (Å²) in [5.41, 5.74) is 9.24. The summed E-state index contributed by atoms with van der Waals surface area (Å²) < 4.78 is 78.1. The molecule has 0 amide bonds. The van der Waals surface area contributed by atoms with Crippen LogP contribution in [0.4, 0.5) is 0 Å². The minimum absolute atomic E-state index is 0.0211. The second-order valence-electron chi connectivity index (χ2n) is 25.7. The molecule has 17 heteroatoms. The van der Waals surface area contributed by atoms with Gasteiger partial charge in [0.15, 0.2) is 11.2 Å². The molecule has 0 bridgehead atoms. The Hall–Kier alpha value is -11.2. The van der Waals surface area contributed by atoms with Crippen LogP contribution in [0.1, 0.15) is 95.2 Å². The van der Waals surface area contributed by atoms with Gasteiger partial charge in [-0.1, -0.05) is 158 Å². The molecule has 0 saturated heterocycles. The van der Waals surface area contributed by atoms with Crippen LogP contribution in [0.25, 0.3) is 56.0 Å². The number of esters is 4. The number of hydrogen-bond donors (Lipinski definition) is 0. The number of ether oxygens (including phenoxy) is 13. The van der Waals surface area contributed by atoms with Crippen LogP contribution in [0.3, 0.4) is 0 Å². The molecular formula is C86H78O17. The summed E-state index contributed by atoms with van der Waals surface area (Å²) in [7, 11) is 6.57. The third kappa shape index (κ3) is 13.0. The van der Waals surface area contributed by atoms with Gasteiger partial charge >= 0.3 is 23.9 Å². The Morgan fingerprint density at radius 1 is 0.340 bits per heavy atom. The first-order chi connectivity index (χ1) is 50.2. The van der Waals surface area contributed by atoms with Gasteiger partial charge in [0, 0.05) is 55.3 Å². The molecule has 10 aromatic carbocycles. The van der Waals surface area contributed by atoms with Crippen molar-refractivity contribution in [3.05, 3.63) is 262 Å². The minimum Gasteiger partial charge on any atom is -0.497 e. The van der Waals surface area contributed by atoms with Crippen LogP contribution in [0.5, 0.6) is 34.5 Å². The van der Waals surface area contributed by atoms with Gasteiger partial charge in [-0.3, -0.25) is 19.2 Å². The first-order valence-corrected chi connectivity index (χ1v) is 34.4. The number of rotatable bonds is 28. The lowest BCUT2D eigenvalue weighted by Gasteiger charge is -2.39. The quantitative estimate of drug-likeness (QED) is 0.0256. The van der Waals surface area contributed by atoms with E-state index in [0.717, 1.165) is 122 Å². The molecule has 2 atom stereocenters. The zero-order valence-corrected chi connectivity index (χ0v) is 58.2. The summed E-state index contributed by atoms with van der Waals surface area (Å²) in [5, 5.41) is 3.89. The number of benzene rings is 10. The van der Waals surface area contributed by atoms with Crippen LogP contribution in [-0.4, -0.2) is 105 Å². The van der Waals surface area contributed by atoms with E-state index in [9.17, 15) is 19.2 Å². The molecule has 0 N–H and O–H groups in total. The second-order valence-corrected chi connectivity index (χ2v) is 25.7. The first-order valence-electron chi connectivity index (χ1n) is 34.4. The van der Waals surface area contributed by atoms with Crippen molar-refractivity contribution in [1.82, 2.24) is 0 Å². The Morgan fingerprint density at radius 2 is 0.631 bits per heavy atom. The summed E-state index contributed by atoms with van der Waals surface area (Å²) >= 11 is 0. The van der Waals surface area contributed by atoms with Crippen molar-refractivity contribution in [3.8, 4) is 56.8 Å². The lowest BCUT2D eigenvalue weighted by atomic mass is 9.80. The molecule has 2 aliphatic heterocycles. The van der Waals surface area contributed by atoms with E-state index in [1.165, 1.54) is 0 Å². The molecule has 0 fully saturated rings. The highest BCUT2D eigenvalue weighted by molar-refractivity contribution is 6.10. The van der Waals surface area contributed by atoms with Crippen molar-refractivity contribution >= 4 is 57.6 Å². The fourth-order valence-corrected chi connectivity index (χ4v) is 14.9. The fraction of sp³-hybridized carbons (Fsp3) is 0.256. The summed E-state index contributed by atoms with van der Waals surface area (Å²) in [6.45, 7) is 3.92. The molecule has 103 heavy (non-hydrogen) atoms. The number of carbonyl (C=O) groups excluding carboxylic acids is 4. The molecule has 0 radical (unpaired) electrons. The van der Waals surface area contributed by atoms with Gasteiger partial charge in [-0.2, -0.15) is 0 Å². The average molecular weight is 1380 g/mol. The first kappa shape index (κ1) is 68.9. The van der Waals surface area contributed by atoms with Crippen molar-refractivity contribution in [2.24, 2.45) is 0 Å². The van der Waals surface area contributed by atoms with Gasteiger partial charge in [0.05, 0.1) is 80.6 Å². The molecule has 0 saturated carbocycles. The van der Waals surface area contributed by atoms with E-state index in [1.54, 1.807) is 28.4 Å². The Bertz CT molecular complexity index is 4500. The largest absolute Gasteiger partial charge is 0.497 e. The number of methoxy groups -OCH3 is 4. The van der Waals surface area contributed by atoms with E-state index in [2.05, 4.69) is 72.8 Å². The predicted octanol–water partition coefficient (Wildman–Crippen LogP) is 15.7. The minimum atomic E-state index is -1.03. The smallest absolute Gasteiger partial charge is 0.306 e. The second kappa shape index (κ2) is 29.4. The molecule has 0 aromatic heterocycles. The summed E-state index contributed by atoms with van der Waals surface area (Å²) in [5.74, 6) is 1.92. The van der Waals surface area contributed by atoms with E-state index >= 15 is 0 Å². The average Bonchev–Trinajstić information content (AvgIpc) is 1.58. The van der Waals surface area contributed by atoms with Gasteiger partial charge < -0.3 is 61.6 Å². The molecular weight excluding hydrogens is 1300 g/mol. The monoisotopic (exact) mass is 1380 g/mol. The third-order valence-corrected chi connectivity index (χ3v) is 19.9. The van der Waals surface area contributed by atoms with E-state index in [-0.39, 0.29) is 78.5 Å². The van der Waals surface area contributed by atoms with Crippen molar-refractivity contribution in [2.45, 2.75) is 61.9 Å². The Balaban J connectivity index is 0.525. The van der Waals surface area contributed by atoms with Gasteiger partial charge in [0.1, 0.15) is 72.1 Å². The van der Waals surface area contributed by atoms with Crippen molar-refractivity contribution in [3.63, 3.8) is 0 Å². The van der Waals surface area contributed by atoms with Crippen molar-refractivity contribution in [1.29, 1.82) is 0 Å². The maximum absolute atomic E-state index is 13.0. The van der Waals surface area contributed by atoms with Gasteiger partial charge in [-0.05, 0) is 119 Å². The Labute approximate surface area is 597 Å². The number of carbonyl (C=O) groups is 4. The van der Waals surface area contributed by atoms with E-state index in [1.807, 2.05) is 159 Å². The lowest BCUT2D eigenvalue weighted by molar-refractivity contribution is -0.153. The van der Waals surface area contributed by atoms with E-state index < -0.39 is 46.3 Å². The molecule has 524 valence electrons. The molecule has 0 spiro atoms. The Kier molecular flexibility index (Phi) is 19.6. The van der Waals surface area contributed by atoms with Crippen molar-refractivity contribution in [2.75, 3.05) is 81.3 Å². The summed E-state index contributed by atoms with van der Waals surface area (Å²) in [6, 6.07) is 64.4. The van der Waals surface area contributed by atoms with Gasteiger partial charge in [0.2, 0.25) is 0 Å². The fourth-order valence-electron chi connectivity index (χ4n) is 14.9. The zero-order chi connectivity index (χ0) is 71.3. The standard InChI is InChI=1S/C86H78O17/c1-83(71-21-13-11-19-67(71)77-63-15-7-9-17-65(63)81-69(79(77)83)43-45-85(102-81,55-23-31-59(91-3)32-24-55)56-25-33-60(92-4)34-26-56)100-53-51-98-75(89)41-39-73(87)96-49-47-95-48-50-97-74(88)40-42-76(90)99-52-54-101-84(2)72-22-14-12-20-68(72)78-64-16-8-10-18-66(64)82-70(80(78)84)44-46-86(103-82,57-27-35-61(93-5)36-28-57)58-29-37-62(94-6)38-30-58/h7-38,43-46H,39-42,47-54H2,1-6H3. The van der Waals surface area contributed by atoms with Crippen LogP contribution in [0.2, 0.25) is 0 Å². The SMILES string of the molecule is COc1ccc(C2(c3ccc(OC)cc3)C=Cc3c4c(c5ccccc5c3O2)-c2ccccc2C4(C)OCCOC(=O)CCC(=O)OCCOCCOC(=O)CCC(=O)OCCOC2(C)c3ccccc3-c3c2c2c(c4ccccc34)OC(c3ccc(OC)cc3)(c3ccc(OC)cc3)C=C2)cc1. The third-order valence-electron chi connectivity index (χ3n) is 19.9. The molecule has 17 nitrogen and oxygen atoms in total. The van der Waals surface area contributed by atoms with Crippen LogP contribution in [-0.2, 0) is 74.7 Å². The molecule has 2 aliphatic carbocycles. The lowest BCUT2D eigenvalue weighted by Crippen LogP contribution is -2.35. The van der Waals surface area contributed by atoms with Crippen molar-refractivity contribution < 1.29 is 80.8 Å². The number of hydrogen-bond acceptors (Lipinski definition) is 17. The normalized spacial score (nSPS) is 16.5. The molecule has 10 aromatic rings. The van der Waals surface area contributed by atoms with Crippen LogP contribution in [0.15, 0.2) is 206 Å².